The first-order valence-corrected chi connectivity index (χ1v) is 4.36. The Kier molecular flexibility index (Phi) is 3.65. The number of hydrogen-bond acceptors (Lipinski definition) is 2. The fourth-order valence-corrected chi connectivity index (χ4v) is 1.13. The Morgan fingerprint density at radius 2 is 2.36 bits per heavy atom. The van der Waals surface area contributed by atoms with Crippen LogP contribution >= 0.6 is 0 Å². The van der Waals surface area contributed by atoms with Crippen molar-refractivity contribution in [1.82, 2.24) is 0 Å². The van der Waals surface area contributed by atoms with Crippen LogP contribution in [0.2, 0.25) is 0 Å². The van der Waals surface area contributed by atoms with Gasteiger partial charge in [-0.05, 0) is 19.1 Å². The molecule has 3 heteroatoms. The predicted molar refractivity (Wildman–Crippen MR) is 52.7 cm³/mol. The van der Waals surface area contributed by atoms with E-state index in [2.05, 4.69) is 6.58 Å². The molecule has 0 saturated heterocycles. The first-order chi connectivity index (χ1) is 6.65. The molecule has 0 radical (unpaired) electrons. The van der Waals surface area contributed by atoms with E-state index in [0.717, 1.165) is 0 Å². The third-order valence-corrected chi connectivity index (χ3v) is 1.78. The fourth-order valence-electron chi connectivity index (χ4n) is 1.13. The Hall–Kier alpha value is -1.35. The summed E-state index contributed by atoms with van der Waals surface area (Å²) in [7, 11) is 0. The van der Waals surface area contributed by atoms with Crippen LogP contribution in [0.3, 0.4) is 0 Å². The lowest BCUT2D eigenvalue weighted by Gasteiger charge is -2.12. The maximum absolute atomic E-state index is 12.9. The summed E-state index contributed by atoms with van der Waals surface area (Å²) in [6.07, 6.45) is 0.895. The van der Waals surface area contributed by atoms with E-state index in [4.69, 9.17) is 4.74 Å². The molecule has 0 aliphatic rings. The van der Waals surface area contributed by atoms with E-state index >= 15 is 0 Å². The minimum absolute atomic E-state index is 0.295. The quantitative estimate of drug-likeness (QED) is 0.749. The molecule has 0 aliphatic heterocycles. The van der Waals surface area contributed by atoms with Crippen molar-refractivity contribution < 1.29 is 14.2 Å². The number of halogens is 1. The minimum atomic E-state index is -0.671. The highest BCUT2D eigenvalue weighted by Crippen LogP contribution is 2.25. The lowest BCUT2D eigenvalue weighted by molar-refractivity contribution is 0.192. The van der Waals surface area contributed by atoms with Crippen molar-refractivity contribution in [3.63, 3.8) is 0 Å². The fraction of sp³-hybridized carbons (Fsp3) is 0.273. The van der Waals surface area contributed by atoms with Gasteiger partial charge in [-0.2, -0.15) is 0 Å². The summed E-state index contributed by atoms with van der Waals surface area (Å²) >= 11 is 0. The van der Waals surface area contributed by atoms with Crippen LogP contribution in [0.15, 0.2) is 30.9 Å². The molecule has 1 aromatic rings. The number of aliphatic hydroxyl groups excluding tert-OH is 1. The topological polar surface area (TPSA) is 29.5 Å². The van der Waals surface area contributed by atoms with Crippen molar-refractivity contribution in [1.29, 1.82) is 0 Å². The summed E-state index contributed by atoms with van der Waals surface area (Å²) in [6, 6.07) is 4.06. The second kappa shape index (κ2) is 4.77. The first-order valence-electron chi connectivity index (χ1n) is 4.36. The molecule has 76 valence electrons. The molecule has 0 spiro atoms. The van der Waals surface area contributed by atoms with Crippen molar-refractivity contribution in [3.8, 4) is 5.75 Å². The van der Waals surface area contributed by atoms with Gasteiger partial charge in [-0.1, -0.05) is 12.7 Å². The van der Waals surface area contributed by atoms with E-state index < -0.39 is 6.10 Å². The van der Waals surface area contributed by atoms with Gasteiger partial charge >= 0.3 is 0 Å². The highest BCUT2D eigenvalue weighted by atomic mass is 19.1. The largest absolute Gasteiger partial charge is 0.489 e. The Morgan fingerprint density at radius 3 is 2.93 bits per heavy atom. The van der Waals surface area contributed by atoms with Crippen LogP contribution in [0.4, 0.5) is 4.39 Å². The van der Waals surface area contributed by atoms with Gasteiger partial charge in [0.1, 0.15) is 18.2 Å². The summed E-state index contributed by atoms with van der Waals surface area (Å²) in [5.74, 6) is -0.0200. The normalized spacial score (nSPS) is 12.2. The molecule has 0 heterocycles. The van der Waals surface area contributed by atoms with Gasteiger partial charge in [0, 0.05) is 11.6 Å². The lowest BCUT2D eigenvalue weighted by atomic mass is 10.1. The molecule has 2 nitrogen and oxygen atoms in total. The van der Waals surface area contributed by atoms with E-state index in [9.17, 15) is 9.50 Å². The summed E-state index contributed by atoms with van der Waals surface area (Å²) in [4.78, 5) is 0. The average molecular weight is 196 g/mol. The summed E-state index contributed by atoms with van der Waals surface area (Å²) < 4.78 is 18.1. The summed E-state index contributed by atoms with van der Waals surface area (Å²) in [5.41, 5.74) is 0.577. The Morgan fingerprint density at radius 1 is 1.64 bits per heavy atom. The van der Waals surface area contributed by atoms with Crippen molar-refractivity contribution in [2.24, 2.45) is 0 Å². The molecule has 0 aliphatic carbocycles. The van der Waals surface area contributed by atoms with Crippen LogP contribution in [-0.2, 0) is 0 Å². The number of hydrogen-bond donors (Lipinski definition) is 1. The highest BCUT2D eigenvalue weighted by molar-refractivity contribution is 5.35. The molecular formula is C11H13FO2. The molecule has 0 unspecified atom stereocenters. The maximum atomic E-state index is 12.9. The monoisotopic (exact) mass is 196 g/mol. The summed E-state index contributed by atoms with van der Waals surface area (Å²) in [5, 5.41) is 9.37. The maximum Gasteiger partial charge on any atom is 0.128 e. The lowest BCUT2D eigenvalue weighted by Crippen LogP contribution is -2.00. The van der Waals surface area contributed by atoms with Crippen LogP contribution in [0, 0.1) is 5.82 Å². The molecule has 1 N–H and O–H groups in total. The first kappa shape index (κ1) is 10.7. The number of ether oxygens (including phenoxy) is 1. The van der Waals surface area contributed by atoms with E-state index in [1.807, 2.05) is 0 Å². The van der Waals surface area contributed by atoms with Crippen molar-refractivity contribution in [3.05, 3.63) is 42.2 Å². The van der Waals surface area contributed by atoms with Crippen LogP contribution in [0.5, 0.6) is 5.75 Å². The second-order valence-corrected chi connectivity index (χ2v) is 2.96. The second-order valence-electron chi connectivity index (χ2n) is 2.96. The van der Waals surface area contributed by atoms with Gasteiger partial charge < -0.3 is 9.84 Å². The zero-order chi connectivity index (χ0) is 10.6. The van der Waals surface area contributed by atoms with Crippen molar-refractivity contribution in [2.45, 2.75) is 13.0 Å². The van der Waals surface area contributed by atoms with Gasteiger partial charge in [0.2, 0.25) is 0 Å². The molecule has 1 atom stereocenters. The molecule has 0 aromatic heterocycles. The highest BCUT2D eigenvalue weighted by Gasteiger charge is 2.09. The van der Waals surface area contributed by atoms with E-state index in [1.165, 1.54) is 18.2 Å². The van der Waals surface area contributed by atoms with Crippen LogP contribution in [0.1, 0.15) is 18.6 Å². The van der Waals surface area contributed by atoms with Crippen LogP contribution in [-0.4, -0.2) is 11.7 Å². The van der Waals surface area contributed by atoms with Crippen LogP contribution < -0.4 is 4.74 Å². The van der Waals surface area contributed by atoms with E-state index in [0.29, 0.717) is 17.9 Å². The van der Waals surface area contributed by atoms with E-state index in [-0.39, 0.29) is 5.82 Å². The van der Waals surface area contributed by atoms with Gasteiger partial charge in [-0.3, -0.25) is 0 Å². The third-order valence-electron chi connectivity index (χ3n) is 1.78. The minimum Gasteiger partial charge on any atom is -0.489 e. The molecule has 0 bridgehead atoms. The predicted octanol–water partition coefficient (Wildman–Crippen LogP) is 2.44. The molecule has 0 fully saturated rings. The van der Waals surface area contributed by atoms with Crippen molar-refractivity contribution in [2.75, 3.05) is 6.61 Å². The smallest absolute Gasteiger partial charge is 0.128 e. The van der Waals surface area contributed by atoms with E-state index in [1.54, 1.807) is 13.0 Å². The van der Waals surface area contributed by atoms with Crippen LogP contribution in [0.25, 0.3) is 0 Å². The molecule has 14 heavy (non-hydrogen) atoms. The van der Waals surface area contributed by atoms with Gasteiger partial charge in [0.15, 0.2) is 0 Å². The molecule has 1 aromatic carbocycles. The van der Waals surface area contributed by atoms with Gasteiger partial charge in [0.05, 0.1) is 6.10 Å². The van der Waals surface area contributed by atoms with Gasteiger partial charge in [-0.15, -0.1) is 0 Å². The number of rotatable bonds is 4. The number of aliphatic hydroxyl groups is 1. The Labute approximate surface area is 82.6 Å². The standard InChI is InChI=1S/C11H13FO2/c1-3-6-14-11-7-9(12)4-5-10(11)8(2)13/h3-5,7-8,13H,1,6H2,2H3/t8-/m0/s1. The molecule has 1 rings (SSSR count). The number of benzene rings is 1. The SMILES string of the molecule is C=CCOc1cc(F)ccc1[C@H](C)O. The summed E-state index contributed by atoms with van der Waals surface area (Å²) in [6.45, 7) is 5.39. The zero-order valence-corrected chi connectivity index (χ0v) is 8.03. The molecular weight excluding hydrogens is 183 g/mol. The molecule has 0 saturated carbocycles. The zero-order valence-electron chi connectivity index (χ0n) is 8.03. The van der Waals surface area contributed by atoms with Gasteiger partial charge in [-0.25, -0.2) is 4.39 Å². The Balaban J connectivity index is 2.96. The van der Waals surface area contributed by atoms with Crippen molar-refractivity contribution >= 4 is 0 Å². The average Bonchev–Trinajstić information content (AvgIpc) is 2.14. The molecule has 0 amide bonds. The third kappa shape index (κ3) is 2.57. The van der Waals surface area contributed by atoms with Gasteiger partial charge in [0.25, 0.3) is 0 Å². The Bertz CT molecular complexity index is 321.